The Kier molecular flexibility index (Phi) is 4.71. The van der Waals surface area contributed by atoms with Gasteiger partial charge in [0.1, 0.15) is 0 Å². The minimum absolute atomic E-state index is 0.221. The average molecular weight is 392 g/mol. The largest absolute Gasteiger partial charge is 0.367 e. The third-order valence-electron chi connectivity index (χ3n) is 5.13. The van der Waals surface area contributed by atoms with Gasteiger partial charge in [-0.2, -0.15) is 5.10 Å². The van der Waals surface area contributed by atoms with Crippen molar-refractivity contribution in [1.82, 2.24) is 19.7 Å². The molecule has 4 rings (SSSR count). The minimum Gasteiger partial charge on any atom is -0.367 e. The van der Waals surface area contributed by atoms with Crippen LogP contribution < -0.4 is 16.2 Å². The van der Waals surface area contributed by atoms with E-state index in [-0.39, 0.29) is 17.2 Å². The molecule has 9 heteroatoms. The van der Waals surface area contributed by atoms with Gasteiger partial charge in [0.15, 0.2) is 5.69 Å². The van der Waals surface area contributed by atoms with E-state index in [1.165, 1.54) is 17.9 Å². The number of nitrogens with zero attached hydrogens (tertiary/aromatic N) is 5. The Morgan fingerprint density at radius 3 is 2.41 bits per heavy atom. The van der Waals surface area contributed by atoms with Gasteiger partial charge in [0.05, 0.1) is 16.6 Å². The number of carbonyl (C=O) groups is 2. The number of nitrogens with two attached hydrogens (primary N) is 1. The number of aryl methyl sites for hydroxylation is 1. The van der Waals surface area contributed by atoms with Gasteiger partial charge in [0, 0.05) is 51.0 Å². The van der Waals surface area contributed by atoms with Gasteiger partial charge in [-0.25, -0.2) is 4.68 Å². The van der Waals surface area contributed by atoms with Crippen molar-refractivity contribution in [1.29, 1.82) is 0 Å². The van der Waals surface area contributed by atoms with Gasteiger partial charge in [-0.15, -0.1) is 0 Å². The molecule has 148 valence electrons. The van der Waals surface area contributed by atoms with Crippen LogP contribution in [0.3, 0.4) is 0 Å². The van der Waals surface area contributed by atoms with Crippen molar-refractivity contribution < 1.29 is 9.59 Å². The van der Waals surface area contributed by atoms with E-state index in [4.69, 9.17) is 5.73 Å². The molecule has 0 unspecified atom stereocenters. The summed E-state index contributed by atoms with van der Waals surface area (Å²) >= 11 is 0. The van der Waals surface area contributed by atoms with Gasteiger partial charge in [0.2, 0.25) is 0 Å². The SMILES string of the molecule is Cn1nc(C(=O)N2CCN(c3ccncc3C(N)=O)CC2)c2ccccc2c1=O. The summed E-state index contributed by atoms with van der Waals surface area (Å²) in [6.07, 6.45) is 3.07. The van der Waals surface area contributed by atoms with E-state index >= 15 is 0 Å². The molecule has 2 amide bonds. The van der Waals surface area contributed by atoms with E-state index in [0.717, 1.165) is 0 Å². The molecule has 0 spiro atoms. The number of hydrogen-bond acceptors (Lipinski definition) is 6. The Labute approximate surface area is 166 Å². The molecule has 3 heterocycles. The second kappa shape index (κ2) is 7.34. The van der Waals surface area contributed by atoms with E-state index in [1.54, 1.807) is 41.4 Å². The zero-order valence-electron chi connectivity index (χ0n) is 15.9. The molecule has 2 aromatic heterocycles. The maximum atomic E-state index is 13.1. The fraction of sp³-hybridized carbons (Fsp3) is 0.250. The first-order valence-corrected chi connectivity index (χ1v) is 9.21. The smallest absolute Gasteiger partial charge is 0.275 e. The summed E-state index contributed by atoms with van der Waals surface area (Å²) in [5.41, 5.74) is 6.54. The summed E-state index contributed by atoms with van der Waals surface area (Å²) in [4.78, 5) is 44.8. The quantitative estimate of drug-likeness (QED) is 0.690. The number of pyridine rings is 1. The van der Waals surface area contributed by atoms with E-state index in [2.05, 4.69) is 10.1 Å². The molecular formula is C20H20N6O3. The molecule has 1 aliphatic rings. The number of carbonyl (C=O) groups excluding carboxylic acids is 2. The van der Waals surface area contributed by atoms with Crippen LogP contribution in [0.4, 0.5) is 5.69 Å². The molecule has 0 atom stereocenters. The van der Waals surface area contributed by atoms with E-state index in [9.17, 15) is 14.4 Å². The zero-order chi connectivity index (χ0) is 20.5. The molecule has 1 aromatic carbocycles. The molecule has 1 saturated heterocycles. The van der Waals surface area contributed by atoms with Crippen molar-refractivity contribution in [2.45, 2.75) is 0 Å². The predicted molar refractivity (Wildman–Crippen MR) is 108 cm³/mol. The first kappa shape index (κ1) is 18.6. The summed E-state index contributed by atoms with van der Waals surface area (Å²) in [5, 5.41) is 5.24. The topological polar surface area (TPSA) is 114 Å². The van der Waals surface area contributed by atoms with Crippen LogP contribution in [0.25, 0.3) is 10.8 Å². The lowest BCUT2D eigenvalue weighted by Crippen LogP contribution is -2.49. The van der Waals surface area contributed by atoms with Gasteiger partial charge in [-0.1, -0.05) is 18.2 Å². The van der Waals surface area contributed by atoms with Gasteiger partial charge in [-0.05, 0) is 12.1 Å². The number of fused-ring (bicyclic) bond motifs is 1. The van der Waals surface area contributed by atoms with Gasteiger partial charge in [-0.3, -0.25) is 19.4 Å². The van der Waals surface area contributed by atoms with Crippen molar-refractivity contribution in [3.8, 4) is 0 Å². The molecule has 9 nitrogen and oxygen atoms in total. The molecule has 0 saturated carbocycles. The van der Waals surface area contributed by atoms with Crippen LogP contribution in [0, 0.1) is 0 Å². The second-order valence-corrected chi connectivity index (χ2v) is 6.86. The molecule has 2 N–H and O–H groups in total. The second-order valence-electron chi connectivity index (χ2n) is 6.86. The number of amides is 2. The number of hydrogen-bond donors (Lipinski definition) is 1. The van der Waals surface area contributed by atoms with Crippen molar-refractivity contribution in [2.75, 3.05) is 31.1 Å². The lowest BCUT2D eigenvalue weighted by atomic mass is 10.1. The number of piperazine rings is 1. The highest BCUT2D eigenvalue weighted by atomic mass is 16.2. The average Bonchev–Trinajstić information content (AvgIpc) is 2.76. The third kappa shape index (κ3) is 3.31. The lowest BCUT2D eigenvalue weighted by molar-refractivity contribution is 0.0740. The number of anilines is 1. The summed E-state index contributed by atoms with van der Waals surface area (Å²) in [6.45, 7) is 2.00. The van der Waals surface area contributed by atoms with Gasteiger partial charge >= 0.3 is 0 Å². The maximum Gasteiger partial charge on any atom is 0.275 e. The Hall–Kier alpha value is -3.75. The normalized spacial score (nSPS) is 14.2. The Morgan fingerprint density at radius 2 is 1.72 bits per heavy atom. The van der Waals surface area contributed by atoms with Crippen molar-refractivity contribution in [3.63, 3.8) is 0 Å². The lowest BCUT2D eigenvalue weighted by Gasteiger charge is -2.36. The molecule has 1 fully saturated rings. The van der Waals surface area contributed by atoms with Crippen molar-refractivity contribution in [2.24, 2.45) is 12.8 Å². The summed E-state index contributed by atoms with van der Waals surface area (Å²) in [5.74, 6) is -0.756. The van der Waals surface area contributed by atoms with Crippen LogP contribution in [-0.4, -0.2) is 57.7 Å². The maximum absolute atomic E-state index is 13.1. The van der Waals surface area contributed by atoms with Gasteiger partial charge < -0.3 is 15.5 Å². The van der Waals surface area contributed by atoms with Crippen molar-refractivity contribution in [3.05, 3.63) is 64.3 Å². The Bertz CT molecular complexity index is 1160. The highest BCUT2D eigenvalue weighted by Gasteiger charge is 2.27. The monoisotopic (exact) mass is 392 g/mol. The minimum atomic E-state index is -0.535. The molecule has 0 bridgehead atoms. The van der Waals surface area contributed by atoms with Crippen molar-refractivity contribution >= 4 is 28.3 Å². The van der Waals surface area contributed by atoms with E-state index in [1.807, 2.05) is 4.90 Å². The summed E-state index contributed by atoms with van der Waals surface area (Å²) < 4.78 is 1.20. The van der Waals surface area contributed by atoms with E-state index < -0.39 is 5.91 Å². The van der Waals surface area contributed by atoms with E-state index in [0.29, 0.717) is 48.2 Å². The first-order chi connectivity index (χ1) is 14.0. The fourth-order valence-corrected chi connectivity index (χ4v) is 3.61. The van der Waals surface area contributed by atoms with Crippen LogP contribution in [0.15, 0.2) is 47.5 Å². The number of benzene rings is 1. The zero-order valence-corrected chi connectivity index (χ0v) is 15.9. The fourth-order valence-electron chi connectivity index (χ4n) is 3.61. The van der Waals surface area contributed by atoms with Gasteiger partial charge in [0.25, 0.3) is 17.4 Å². The number of rotatable bonds is 3. The molecule has 0 aliphatic carbocycles. The highest BCUT2D eigenvalue weighted by Crippen LogP contribution is 2.22. The van der Waals surface area contributed by atoms with Crippen LogP contribution in [-0.2, 0) is 7.05 Å². The van der Waals surface area contributed by atoms with Crippen LogP contribution in [0.2, 0.25) is 0 Å². The highest BCUT2D eigenvalue weighted by molar-refractivity contribution is 6.05. The molecule has 0 radical (unpaired) electrons. The Morgan fingerprint density at radius 1 is 1.03 bits per heavy atom. The Balaban J connectivity index is 1.58. The molecule has 3 aromatic rings. The van der Waals surface area contributed by atoms with Crippen LogP contribution >= 0.6 is 0 Å². The molecular weight excluding hydrogens is 372 g/mol. The standard InChI is InChI=1S/C20H20N6O3/c1-24-19(28)14-5-3-2-4-13(14)17(23-24)20(29)26-10-8-25(9-11-26)16-6-7-22-12-15(16)18(21)27/h2-7,12H,8-11H2,1H3,(H2,21,27). The third-order valence-corrected chi connectivity index (χ3v) is 5.13. The summed E-state index contributed by atoms with van der Waals surface area (Å²) in [7, 11) is 1.54. The van der Waals surface area contributed by atoms with Crippen LogP contribution in [0.1, 0.15) is 20.8 Å². The number of aromatic nitrogens is 3. The first-order valence-electron chi connectivity index (χ1n) is 9.21. The predicted octanol–water partition coefficient (Wildman–Crippen LogP) is 0.390. The number of primary amides is 1. The molecule has 1 aliphatic heterocycles. The molecule has 29 heavy (non-hydrogen) atoms. The van der Waals surface area contributed by atoms with Crippen LogP contribution in [0.5, 0.6) is 0 Å². The summed E-state index contributed by atoms with van der Waals surface area (Å²) in [6, 6.07) is 8.74.